The van der Waals surface area contributed by atoms with Crippen molar-refractivity contribution in [3.8, 4) is 0 Å². The standard InChI is InChI=1S/C26H31NO4/c1-19(28)27-16-14-26(15-17-27,22-8-6-5-7-9-22)24(30)31-18-23(29)20-10-12-21(13-11-20)25(2,3)4/h5-13H,14-18H2,1-4H3. The SMILES string of the molecule is CC(=O)N1CCC(C(=O)OCC(=O)c2ccc(C(C)(C)C)cc2)(c2ccccc2)CC1. The monoisotopic (exact) mass is 421 g/mol. The molecule has 0 aliphatic carbocycles. The van der Waals surface area contributed by atoms with E-state index >= 15 is 0 Å². The topological polar surface area (TPSA) is 63.7 Å². The van der Waals surface area contributed by atoms with E-state index in [2.05, 4.69) is 20.8 Å². The molecule has 1 saturated heterocycles. The van der Waals surface area contributed by atoms with Crippen LogP contribution in [-0.4, -0.2) is 42.3 Å². The summed E-state index contributed by atoms with van der Waals surface area (Å²) in [7, 11) is 0. The van der Waals surface area contributed by atoms with Crippen LogP contribution in [0, 0.1) is 0 Å². The second kappa shape index (κ2) is 9.04. The van der Waals surface area contributed by atoms with Gasteiger partial charge in [0.2, 0.25) is 5.91 Å². The zero-order valence-corrected chi connectivity index (χ0v) is 18.8. The maximum Gasteiger partial charge on any atom is 0.317 e. The van der Waals surface area contributed by atoms with Crippen LogP contribution in [0.3, 0.4) is 0 Å². The third kappa shape index (κ3) is 5.04. The van der Waals surface area contributed by atoms with Gasteiger partial charge in [0.25, 0.3) is 0 Å². The molecule has 0 spiro atoms. The number of benzene rings is 2. The van der Waals surface area contributed by atoms with Gasteiger partial charge in [-0.2, -0.15) is 0 Å². The van der Waals surface area contributed by atoms with Crippen LogP contribution in [0.25, 0.3) is 0 Å². The highest BCUT2D eigenvalue weighted by Crippen LogP contribution is 2.37. The smallest absolute Gasteiger partial charge is 0.317 e. The zero-order valence-electron chi connectivity index (χ0n) is 18.8. The summed E-state index contributed by atoms with van der Waals surface area (Å²) in [4.78, 5) is 39.4. The highest BCUT2D eigenvalue weighted by Gasteiger charge is 2.44. The molecule has 0 radical (unpaired) electrons. The predicted molar refractivity (Wildman–Crippen MR) is 120 cm³/mol. The van der Waals surface area contributed by atoms with Gasteiger partial charge in [0.1, 0.15) is 0 Å². The predicted octanol–water partition coefficient (Wildman–Crippen LogP) is 4.29. The number of amides is 1. The number of carbonyl (C=O) groups is 3. The maximum absolute atomic E-state index is 13.2. The Hall–Kier alpha value is -2.95. The van der Waals surface area contributed by atoms with Gasteiger partial charge < -0.3 is 9.64 Å². The second-order valence-corrected chi connectivity index (χ2v) is 9.28. The Morgan fingerprint density at radius 1 is 0.935 bits per heavy atom. The second-order valence-electron chi connectivity index (χ2n) is 9.28. The summed E-state index contributed by atoms with van der Waals surface area (Å²) < 4.78 is 5.56. The fourth-order valence-electron chi connectivity index (χ4n) is 4.08. The van der Waals surface area contributed by atoms with Crippen molar-refractivity contribution in [2.45, 2.75) is 51.4 Å². The van der Waals surface area contributed by atoms with Crippen molar-refractivity contribution in [3.05, 3.63) is 71.3 Å². The normalized spacial score (nSPS) is 15.9. The van der Waals surface area contributed by atoms with E-state index in [0.29, 0.717) is 31.5 Å². The minimum atomic E-state index is -0.844. The number of hydrogen-bond acceptors (Lipinski definition) is 4. The van der Waals surface area contributed by atoms with Gasteiger partial charge in [-0.05, 0) is 29.4 Å². The fourth-order valence-corrected chi connectivity index (χ4v) is 4.08. The third-order valence-electron chi connectivity index (χ3n) is 6.19. The first-order valence-corrected chi connectivity index (χ1v) is 10.8. The number of ether oxygens (including phenoxy) is 1. The van der Waals surface area contributed by atoms with Crippen LogP contribution in [0.5, 0.6) is 0 Å². The average Bonchev–Trinajstić information content (AvgIpc) is 2.77. The van der Waals surface area contributed by atoms with Crippen molar-refractivity contribution in [3.63, 3.8) is 0 Å². The van der Waals surface area contributed by atoms with E-state index in [1.54, 1.807) is 17.0 Å². The lowest BCUT2D eigenvalue weighted by atomic mass is 9.72. The van der Waals surface area contributed by atoms with Crippen LogP contribution >= 0.6 is 0 Å². The summed E-state index contributed by atoms with van der Waals surface area (Å²) in [6, 6.07) is 17.0. The molecule has 5 heteroatoms. The molecule has 0 atom stereocenters. The van der Waals surface area contributed by atoms with Crippen molar-refractivity contribution in [1.29, 1.82) is 0 Å². The number of nitrogens with zero attached hydrogens (tertiary/aromatic N) is 1. The van der Waals surface area contributed by atoms with Crippen molar-refractivity contribution in [1.82, 2.24) is 4.90 Å². The number of Topliss-reactive ketones (excluding diaryl/α,β-unsaturated/α-hetero) is 1. The summed E-state index contributed by atoms with van der Waals surface area (Å²) in [5.41, 5.74) is 1.70. The average molecular weight is 422 g/mol. The largest absolute Gasteiger partial charge is 0.457 e. The van der Waals surface area contributed by atoms with Crippen LogP contribution in [0.1, 0.15) is 62.0 Å². The third-order valence-corrected chi connectivity index (χ3v) is 6.19. The molecule has 0 aromatic heterocycles. The Balaban J connectivity index is 1.73. The van der Waals surface area contributed by atoms with Crippen LogP contribution in [0.4, 0.5) is 0 Å². The molecule has 3 rings (SSSR count). The molecule has 0 unspecified atom stereocenters. The van der Waals surface area contributed by atoms with Gasteiger partial charge in [0, 0.05) is 25.6 Å². The highest BCUT2D eigenvalue weighted by molar-refractivity contribution is 5.98. The number of rotatable bonds is 5. The van der Waals surface area contributed by atoms with E-state index in [9.17, 15) is 14.4 Å². The van der Waals surface area contributed by atoms with E-state index in [4.69, 9.17) is 4.74 Å². The number of hydrogen-bond donors (Lipinski definition) is 0. The molecule has 0 saturated carbocycles. The number of carbonyl (C=O) groups excluding carboxylic acids is 3. The Morgan fingerprint density at radius 2 is 1.52 bits per heavy atom. The van der Waals surface area contributed by atoms with Crippen LogP contribution < -0.4 is 0 Å². The lowest BCUT2D eigenvalue weighted by molar-refractivity contribution is -0.153. The first-order chi connectivity index (χ1) is 14.6. The molecular weight excluding hydrogens is 390 g/mol. The molecule has 5 nitrogen and oxygen atoms in total. The van der Waals surface area contributed by atoms with Crippen LogP contribution in [-0.2, 0) is 25.2 Å². The summed E-state index contributed by atoms with van der Waals surface area (Å²) in [5.74, 6) is -0.622. The van der Waals surface area contributed by atoms with Crippen molar-refractivity contribution >= 4 is 17.7 Å². The minimum absolute atomic E-state index is 0.00362. The number of ketones is 1. The lowest BCUT2D eigenvalue weighted by Crippen LogP contribution is -2.49. The first-order valence-electron chi connectivity index (χ1n) is 10.8. The van der Waals surface area contributed by atoms with Crippen molar-refractivity contribution in [2.75, 3.05) is 19.7 Å². The molecule has 2 aromatic rings. The van der Waals surface area contributed by atoms with Crippen molar-refractivity contribution in [2.24, 2.45) is 0 Å². The Labute approximate surface area is 184 Å². The molecule has 1 heterocycles. The minimum Gasteiger partial charge on any atom is -0.457 e. The Bertz CT molecular complexity index is 934. The van der Waals surface area contributed by atoms with Gasteiger partial charge >= 0.3 is 5.97 Å². The van der Waals surface area contributed by atoms with E-state index < -0.39 is 11.4 Å². The number of piperidine rings is 1. The first kappa shape index (κ1) is 22.7. The summed E-state index contributed by atoms with van der Waals surface area (Å²) in [5, 5.41) is 0. The van der Waals surface area contributed by atoms with E-state index in [-0.39, 0.29) is 23.7 Å². The summed E-state index contributed by atoms with van der Waals surface area (Å²) in [6.07, 6.45) is 0.952. The Kier molecular flexibility index (Phi) is 6.63. The molecule has 1 fully saturated rings. The van der Waals surface area contributed by atoms with Gasteiger partial charge in [-0.1, -0.05) is 75.4 Å². The lowest BCUT2D eigenvalue weighted by Gasteiger charge is -2.40. The molecule has 0 N–H and O–H groups in total. The quantitative estimate of drug-likeness (QED) is 0.534. The van der Waals surface area contributed by atoms with Gasteiger partial charge in [-0.15, -0.1) is 0 Å². The summed E-state index contributed by atoms with van der Waals surface area (Å²) in [6.45, 7) is 8.57. The molecule has 1 aliphatic heterocycles. The van der Waals surface area contributed by atoms with E-state index in [1.165, 1.54) is 6.92 Å². The molecule has 2 aromatic carbocycles. The van der Waals surface area contributed by atoms with Gasteiger partial charge in [0.05, 0.1) is 5.41 Å². The van der Waals surface area contributed by atoms with Gasteiger partial charge in [0.15, 0.2) is 12.4 Å². The van der Waals surface area contributed by atoms with Gasteiger partial charge in [-0.3, -0.25) is 14.4 Å². The van der Waals surface area contributed by atoms with E-state index in [0.717, 1.165) is 11.1 Å². The molecule has 31 heavy (non-hydrogen) atoms. The van der Waals surface area contributed by atoms with Gasteiger partial charge in [-0.25, -0.2) is 0 Å². The molecule has 164 valence electrons. The van der Waals surface area contributed by atoms with E-state index in [1.807, 2.05) is 42.5 Å². The number of likely N-dealkylation sites (tertiary alicyclic amines) is 1. The molecular formula is C26H31NO4. The Morgan fingerprint density at radius 3 is 2.03 bits per heavy atom. The molecule has 1 aliphatic rings. The zero-order chi connectivity index (χ0) is 22.6. The summed E-state index contributed by atoms with van der Waals surface area (Å²) >= 11 is 0. The molecule has 0 bridgehead atoms. The number of esters is 1. The molecule has 1 amide bonds. The fraction of sp³-hybridized carbons (Fsp3) is 0.423. The maximum atomic E-state index is 13.2. The highest BCUT2D eigenvalue weighted by atomic mass is 16.5. The van der Waals surface area contributed by atoms with Crippen LogP contribution in [0.2, 0.25) is 0 Å². The van der Waals surface area contributed by atoms with Crippen LogP contribution in [0.15, 0.2) is 54.6 Å². The van der Waals surface area contributed by atoms with Crippen molar-refractivity contribution < 1.29 is 19.1 Å².